The predicted octanol–water partition coefficient (Wildman–Crippen LogP) is 3.32. The van der Waals surface area contributed by atoms with E-state index >= 15 is 0 Å². The molecule has 1 fully saturated rings. The van der Waals surface area contributed by atoms with E-state index in [1.54, 1.807) is 6.26 Å². The molecule has 0 amide bonds. The summed E-state index contributed by atoms with van der Waals surface area (Å²) in [5.41, 5.74) is 2.17. The van der Waals surface area contributed by atoms with E-state index in [0.717, 1.165) is 48.2 Å². The Balaban J connectivity index is 1.72. The van der Waals surface area contributed by atoms with E-state index < -0.39 is 0 Å². The fraction of sp³-hybridized carbons (Fsp3) is 0.368. The SMILES string of the molecule is Cc1occc1-c1nn(CN2CCOCC2)c(=S)n1Cc1ccccc1. The minimum absolute atomic E-state index is 0.674. The van der Waals surface area contributed by atoms with Gasteiger partial charge in [0.2, 0.25) is 0 Å². The van der Waals surface area contributed by atoms with Gasteiger partial charge in [-0.1, -0.05) is 30.3 Å². The molecule has 3 aromatic rings. The number of ether oxygens (including phenoxy) is 1. The van der Waals surface area contributed by atoms with Crippen LogP contribution in [0.4, 0.5) is 0 Å². The zero-order chi connectivity index (χ0) is 17.9. The van der Waals surface area contributed by atoms with Crippen molar-refractivity contribution in [2.24, 2.45) is 0 Å². The molecule has 2 aromatic heterocycles. The average Bonchev–Trinajstić information content (AvgIpc) is 3.22. The summed E-state index contributed by atoms with van der Waals surface area (Å²) in [5.74, 6) is 1.69. The largest absolute Gasteiger partial charge is 0.469 e. The monoisotopic (exact) mass is 370 g/mol. The summed E-state index contributed by atoms with van der Waals surface area (Å²) in [6, 6.07) is 12.3. The Labute approximate surface area is 157 Å². The highest BCUT2D eigenvalue weighted by molar-refractivity contribution is 7.71. The van der Waals surface area contributed by atoms with Crippen molar-refractivity contribution >= 4 is 12.2 Å². The molecule has 26 heavy (non-hydrogen) atoms. The molecule has 0 radical (unpaired) electrons. The molecule has 3 heterocycles. The molecule has 0 atom stereocenters. The minimum atomic E-state index is 0.674. The summed E-state index contributed by atoms with van der Waals surface area (Å²) in [6.45, 7) is 6.61. The Hall–Kier alpha value is -2.22. The molecular weight excluding hydrogens is 348 g/mol. The zero-order valence-corrected chi connectivity index (χ0v) is 15.6. The average molecular weight is 370 g/mol. The van der Waals surface area contributed by atoms with E-state index in [2.05, 4.69) is 21.6 Å². The number of hydrogen-bond donors (Lipinski definition) is 0. The van der Waals surface area contributed by atoms with E-state index in [1.165, 1.54) is 5.56 Å². The number of hydrogen-bond acceptors (Lipinski definition) is 5. The highest BCUT2D eigenvalue weighted by atomic mass is 32.1. The van der Waals surface area contributed by atoms with Gasteiger partial charge in [-0.2, -0.15) is 5.10 Å². The van der Waals surface area contributed by atoms with Gasteiger partial charge >= 0.3 is 0 Å². The van der Waals surface area contributed by atoms with Crippen LogP contribution in [0.25, 0.3) is 11.4 Å². The second kappa shape index (κ2) is 7.57. The number of benzene rings is 1. The highest BCUT2D eigenvalue weighted by Crippen LogP contribution is 2.24. The van der Waals surface area contributed by atoms with Gasteiger partial charge in [0, 0.05) is 13.1 Å². The van der Waals surface area contributed by atoms with Crippen molar-refractivity contribution in [1.82, 2.24) is 19.2 Å². The third-order valence-electron chi connectivity index (χ3n) is 4.64. The summed E-state index contributed by atoms with van der Waals surface area (Å²) in [7, 11) is 0. The van der Waals surface area contributed by atoms with Crippen LogP contribution in [0.5, 0.6) is 0 Å². The molecule has 0 unspecified atom stereocenters. The first-order valence-electron chi connectivity index (χ1n) is 8.78. The van der Waals surface area contributed by atoms with Gasteiger partial charge in [0.25, 0.3) is 0 Å². The second-order valence-corrected chi connectivity index (χ2v) is 6.80. The van der Waals surface area contributed by atoms with Crippen molar-refractivity contribution in [2.75, 3.05) is 26.3 Å². The molecule has 0 N–H and O–H groups in total. The molecule has 0 spiro atoms. The third-order valence-corrected chi connectivity index (χ3v) is 5.07. The van der Waals surface area contributed by atoms with E-state index in [-0.39, 0.29) is 0 Å². The summed E-state index contributed by atoms with van der Waals surface area (Å²) in [5, 5.41) is 4.84. The lowest BCUT2D eigenvalue weighted by Gasteiger charge is -2.26. The van der Waals surface area contributed by atoms with E-state index in [4.69, 9.17) is 26.5 Å². The maximum Gasteiger partial charge on any atom is 0.199 e. The van der Waals surface area contributed by atoms with Gasteiger partial charge in [-0.3, -0.25) is 9.47 Å². The Morgan fingerprint density at radius 1 is 1.12 bits per heavy atom. The Bertz CT molecular complexity index is 923. The van der Waals surface area contributed by atoms with E-state index in [9.17, 15) is 0 Å². The third kappa shape index (κ3) is 3.51. The van der Waals surface area contributed by atoms with Crippen LogP contribution in [0, 0.1) is 11.7 Å². The normalized spacial score (nSPS) is 15.4. The van der Waals surface area contributed by atoms with Gasteiger partial charge in [0.1, 0.15) is 5.76 Å². The van der Waals surface area contributed by atoms with Gasteiger partial charge in [-0.05, 0) is 30.8 Å². The molecule has 1 aromatic carbocycles. The first-order valence-corrected chi connectivity index (χ1v) is 9.19. The number of morpholine rings is 1. The maximum atomic E-state index is 5.77. The molecule has 136 valence electrons. The quantitative estimate of drug-likeness (QED) is 0.645. The Morgan fingerprint density at radius 3 is 2.58 bits per heavy atom. The Kier molecular flexibility index (Phi) is 5.01. The molecule has 1 aliphatic heterocycles. The number of aryl methyl sites for hydroxylation is 1. The van der Waals surface area contributed by atoms with Gasteiger partial charge < -0.3 is 9.15 Å². The van der Waals surface area contributed by atoms with Crippen LogP contribution >= 0.6 is 12.2 Å². The first kappa shape index (κ1) is 17.2. The molecule has 0 aliphatic carbocycles. The topological polar surface area (TPSA) is 48.4 Å². The van der Waals surface area contributed by atoms with Crippen LogP contribution in [0.1, 0.15) is 11.3 Å². The van der Waals surface area contributed by atoms with Crippen molar-refractivity contribution in [3.8, 4) is 11.4 Å². The van der Waals surface area contributed by atoms with Gasteiger partial charge in [0.05, 0.1) is 38.3 Å². The smallest absolute Gasteiger partial charge is 0.199 e. The van der Waals surface area contributed by atoms with Crippen LogP contribution in [0.3, 0.4) is 0 Å². The maximum absolute atomic E-state index is 5.77. The lowest BCUT2D eigenvalue weighted by Crippen LogP contribution is -2.37. The molecular formula is C19H22N4O2S. The fourth-order valence-electron chi connectivity index (χ4n) is 3.19. The van der Waals surface area contributed by atoms with Crippen LogP contribution in [0.15, 0.2) is 47.1 Å². The van der Waals surface area contributed by atoms with Crippen LogP contribution in [-0.2, 0) is 18.0 Å². The number of furan rings is 1. The zero-order valence-electron chi connectivity index (χ0n) is 14.8. The van der Waals surface area contributed by atoms with Crippen molar-refractivity contribution in [1.29, 1.82) is 0 Å². The van der Waals surface area contributed by atoms with Crippen molar-refractivity contribution in [2.45, 2.75) is 20.1 Å². The molecule has 0 saturated carbocycles. The van der Waals surface area contributed by atoms with Crippen molar-refractivity contribution < 1.29 is 9.15 Å². The first-order chi connectivity index (χ1) is 12.7. The molecule has 1 aliphatic rings. The fourth-order valence-corrected chi connectivity index (χ4v) is 3.44. The summed E-state index contributed by atoms with van der Waals surface area (Å²) in [6.07, 6.45) is 1.70. The number of aromatic nitrogens is 3. The van der Waals surface area contributed by atoms with Crippen molar-refractivity contribution in [3.05, 3.63) is 58.8 Å². The van der Waals surface area contributed by atoms with E-state index in [1.807, 2.05) is 35.9 Å². The van der Waals surface area contributed by atoms with Gasteiger partial charge in [-0.15, -0.1) is 0 Å². The molecule has 4 rings (SSSR count). The highest BCUT2D eigenvalue weighted by Gasteiger charge is 2.19. The molecule has 1 saturated heterocycles. The summed E-state index contributed by atoms with van der Waals surface area (Å²) in [4.78, 5) is 2.31. The van der Waals surface area contributed by atoms with Crippen LogP contribution in [0.2, 0.25) is 0 Å². The van der Waals surface area contributed by atoms with E-state index in [0.29, 0.717) is 13.2 Å². The lowest BCUT2D eigenvalue weighted by molar-refractivity contribution is 0.0209. The molecule has 0 bridgehead atoms. The lowest BCUT2D eigenvalue weighted by atomic mass is 10.2. The number of rotatable bonds is 5. The Morgan fingerprint density at radius 2 is 1.88 bits per heavy atom. The van der Waals surface area contributed by atoms with Crippen LogP contribution in [-0.4, -0.2) is 45.6 Å². The summed E-state index contributed by atoms with van der Waals surface area (Å²) >= 11 is 5.77. The second-order valence-electron chi connectivity index (χ2n) is 6.44. The molecule has 6 nitrogen and oxygen atoms in total. The van der Waals surface area contributed by atoms with Gasteiger partial charge in [0.15, 0.2) is 10.6 Å². The van der Waals surface area contributed by atoms with Crippen molar-refractivity contribution in [3.63, 3.8) is 0 Å². The molecule has 7 heteroatoms. The summed E-state index contributed by atoms with van der Waals surface area (Å²) < 4.78 is 15.6. The minimum Gasteiger partial charge on any atom is -0.469 e. The predicted molar refractivity (Wildman–Crippen MR) is 101 cm³/mol. The number of nitrogens with zero attached hydrogens (tertiary/aromatic N) is 4. The van der Waals surface area contributed by atoms with Gasteiger partial charge in [-0.25, -0.2) is 4.68 Å². The van der Waals surface area contributed by atoms with Crippen LogP contribution < -0.4 is 0 Å². The standard InChI is InChI=1S/C19H22N4O2S/c1-15-17(7-10-25-15)18-20-23(14-21-8-11-24-12-9-21)19(26)22(18)13-16-5-3-2-4-6-16/h2-7,10H,8-9,11-14H2,1H3.